The summed E-state index contributed by atoms with van der Waals surface area (Å²) in [7, 11) is 0. The molecule has 2 heteroatoms. The lowest BCUT2D eigenvalue weighted by molar-refractivity contribution is -0.0350. The van der Waals surface area contributed by atoms with E-state index in [-0.39, 0.29) is 5.60 Å². The minimum absolute atomic E-state index is 0.105. The molecule has 2 unspecified atom stereocenters. The van der Waals surface area contributed by atoms with E-state index in [0.29, 0.717) is 12.0 Å². The number of hydrogen-bond donors (Lipinski definition) is 0. The van der Waals surface area contributed by atoms with Gasteiger partial charge in [0, 0.05) is 13.0 Å². The van der Waals surface area contributed by atoms with E-state index in [4.69, 9.17) is 9.47 Å². The third-order valence-corrected chi connectivity index (χ3v) is 2.95. The third kappa shape index (κ3) is 1.27. The summed E-state index contributed by atoms with van der Waals surface area (Å²) in [4.78, 5) is 0. The highest BCUT2D eigenvalue weighted by Crippen LogP contribution is 2.41. The lowest BCUT2D eigenvalue weighted by Crippen LogP contribution is -2.36. The van der Waals surface area contributed by atoms with Crippen LogP contribution in [-0.4, -0.2) is 24.9 Å². The largest absolute Gasteiger partial charge is 0.375 e. The van der Waals surface area contributed by atoms with Crippen LogP contribution in [0.15, 0.2) is 0 Å². The van der Waals surface area contributed by atoms with Gasteiger partial charge in [0.25, 0.3) is 0 Å². The molecular weight excluding hydrogens is 152 g/mol. The van der Waals surface area contributed by atoms with E-state index >= 15 is 0 Å². The number of rotatable bonds is 2. The summed E-state index contributed by atoms with van der Waals surface area (Å²) in [6, 6.07) is 0. The Morgan fingerprint density at radius 3 is 3.00 bits per heavy atom. The molecule has 12 heavy (non-hydrogen) atoms. The maximum Gasteiger partial charge on any atom is 0.0968 e. The quantitative estimate of drug-likeness (QED) is 0.631. The van der Waals surface area contributed by atoms with Gasteiger partial charge in [-0.25, -0.2) is 0 Å². The molecule has 2 aliphatic rings. The van der Waals surface area contributed by atoms with Crippen LogP contribution in [0.3, 0.4) is 0 Å². The monoisotopic (exact) mass is 170 g/mol. The average Bonchev–Trinajstić information content (AvgIpc) is 2.42. The second-order valence-corrected chi connectivity index (χ2v) is 4.41. The van der Waals surface area contributed by atoms with Gasteiger partial charge in [0.2, 0.25) is 0 Å². The van der Waals surface area contributed by atoms with Crippen molar-refractivity contribution >= 4 is 0 Å². The summed E-state index contributed by atoms with van der Waals surface area (Å²) in [5.41, 5.74) is 0.105. The van der Waals surface area contributed by atoms with Gasteiger partial charge >= 0.3 is 0 Å². The van der Waals surface area contributed by atoms with Gasteiger partial charge in [-0.1, -0.05) is 13.8 Å². The number of fused-ring (bicyclic) bond motifs is 1. The van der Waals surface area contributed by atoms with E-state index in [9.17, 15) is 0 Å². The fourth-order valence-electron chi connectivity index (χ4n) is 2.55. The van der Waals surface area contributed by atoms with E-state index < -0.39 is 0 Å². The van der Waals surface area contributed by atoms with Crippen molar-refractivity contribution in [3.8, 4) is 0 Å². The molecule has 2 fully saturated rings. The first-order valence-corrected chi connectivity index (χ1v) is 4.98. The summed E-state index contributed by atoms with van der Waals surface area (Å²) < 4.78 is 11.5. The summed E-state index contributed by atoms with van der Waals surface area (Å²) in [5.74, 6) is 0.715. The molecule has 2 atom stereocenters. The highest BCUT2D eigenvalue weighted by Gasteiger charge is 2.48. The van der Waals surface area contributed by atoms with Crippen molar-refractivity contribution < 1.29 is 9.47 Å². The molecule has 0 bridgehead atoms. The fraction of sp³-hybridized carbons (Fsp3) is 1.00. The molecule has 2 nitrogen and oxygen atoms in total. The fourth-order valence-corrected chi connectivity index (χ4v) is 2.55. The van der Waals surface area contributed by atoms with Crippen molar-refractivity contribution in [1.82, 2.24) is 0 Å². The molecule has 0 aromatic heterocycles. The minimum Gasteiger partial charge on any atom is -0.375 e. The highest BCUT2D eigenvalue weighted by molar-refractivity contribution is 4.98. The van der Waals surface area contributed by atoms with Crippen molar-refractivity contribution in [2.24, 2.45) is 5.92 Å². The zero-order valence-electron chi connectivity index (χ0n) is 8.01. The van der Waals surface area contributed by atoms with Crippen LogP contribution >= 0.6 is 0 Å². The highest BCUT2D eigenvalue weighted by atomic mass is 16.6. The lowest BCUT2D eigenvalue weighted by atomic mass is 9.87. The molecular formula is C10H18O2. The molecule has 0 aromatic rings. The van der Waals surface area contributed by atoms with Gasteiger partial charge in [-0.2, -0.15) is 0 Å². The molecule has 70 valence electrons. The van der Waals surface area contributed by atoms with Gasteiger partial charge in [-0.15, -0.1) is 0 Å². The maximum atomic E-state index is 5.85. The van der Waals surface area contributed by atoms with Crippen LogP contribution in [0.4, 0.5) is 0 Å². The van der Waals surface area contributed by atoms with E-state index in [0.717, 1.165) is 32.5 Å². The van der Waals surface area contributed by atoms with Gasteiger partial charge in [0.1, 0.15) is 0 Å². The van der Waals surface area contributed by atoms with Crippen molar-refractivity contribution in [3.05, 3.63) is 0 Å². The van der Waals surface area contributed by atoms with Gasteiger partial charge < -0.3 is 9.47 Å². The van der Waals surface area contributed by atoms with Crippen LogP contribution in [0.5, 0.6) is 0 Å². The average molecular weight is 170 g/mol. The van der Waals surface area contributed by atoms with Crippen molar-refractivity contribution in [2.45, 2.75) is 44.8 Å². The summed E-state index contributed by atoms with van der Waals surface area (Å²) in [6.07, 6.45) is 3.78. The van der Waals surface area contributed by atoms with Crippen LogP contribution in [0.2, 0.25) is 0 Å². The third-order valence-electron chi connectivity index (χ3n) is 2.95. The topological polar surface area (TPSA) is 18.5 Å². The number of ether oxygens (including phenoxy) is 2. The molecule has 0 aliphatic carbocycles. The van der Waals surface area contributed by atoms with Crippen LogP contribution in [0.25, 0.3) is 0 Å². The molecule has 0 radical (unpaired) electrons. The standard InChI is InChI=1S/C10H18O2/c1-8(2)7-10-4-6-11-9(10)3-5-12-10/h8-9H,3-7H2,1-2H3. The minimum atomic E-state index is 0.105. The van der Waals surface area contributed by atoms with Crippen molar-refractivity contribution in [1.29, 1.82) is 0 Å². The van der Waals surface area contributed by atoms with Crippen LogP contribution in [0, 0.1) is 5.92 Å². The summed E-state index contributed by atoms with van der Waals surface area (Å²) in [5, 5.41) is 0. The van der Waals surface area contributed by atoms with E-state index in [2.05, 4.69) is 13.8 Å². The molecule has 2 heterocycles. The molecule has 2 rings (SSSR count). The Morgan fingerprint density at radius 1 is 1.42 bits per heavy atom. The van der Waals surface area contributed by atoms with E-state index in [1.807, 2.05) is 0 Å². The molecule has 0 amide bonds. The SMILES string of the molecule is CC(C)CC12CCOC1CCO2. The van der Waals surface area contributed by atoms with Gasteiger partial charge in [0.05, 0.1) is 18.3 Å². The van der Waals surface area contributed by atoms with Crippen molar-refractivity contribution in [2.75, 3.05) is 13.2 Å². The maximum absolute atomic E-state index is 5.85. The molecule has 2 saturated heterocycles. The van der Waals surface area contributed by atoms with Gasteiger partial charge in [-0.3, -0.25) is 0 Å². The predicted molar refractivity (Wildman–Crippen MR) is 47.1 cm³/mol. The molecule has 0 aromatic carbocycles. The molecule has 0 saturated carbocycles. The summed E-state index contributed by atoms with van der Waals surface area (Å²) in [6.45, 7) is 6.31. The Balaban J connectivity index is 2.06. The molecule has 0 spiro atoms. The van der Waals surface area contributed by atoms with E-state index in [1.54, 1.807) is 0 Å². The second-order valence-electron chi connectivity index (χ2n) is 4.41. The van der Waals surface area contributed by atoms with E-state index in [1.165, 1.54) is 0 Å². The Morgan fingerprint density at radius 2 is 2.25 bits per heavy atom. The van der Waals surface area contributed by atoms with Crippen molar-refractivity contribution in [3.63, 3.8) is 0 Å². The Bertz CT molecular complexity index is 155. The lowest BCUT2D eigenvalue weighted by Gasteiger charge is -2.28. The first-order valence-electron chi connectivity index (χ1n) is 4.98. The first-order chi connectivity index (χ1) is 5.73. The molecule has 2 aliphatic heterocycles. The van der Waals surface area contributed by atoms with Crippen LogP contribution in [-0.2, 0) is 9.47 Å². The van der Waals surface area contributed by atoms with Crippen LogP contribution < -0.4 is 0 Å². The predicted octanol–water partition coefficient (Wildman–Crippen LogP) is 1.98. The molecule has 0 N–H and O–H groups in total. The number of hydrogen-bond acceptors (Lipinski definition) is 2. The normalized spacial score (nSPS) is 40.8. The Labute approximate surface area is 74.2 Å². The first kappa shape index (κ1) is 8.52. The summed E-state index contributed by atoms with van der Waals surface area (Å²) >= 11 is 0. The smallest absolute Gasteiger partial charge is 0.0968 e. The Hall–Kier alpha value is -0.0800. The van der Waals surface area contributed by atoms with Crippen LogP contribution in [0.1, 0.15) is 33.1 Å². The zero-order chi connectivity index (χ0) is 8.60. The Kier molecular flexibility index (Phi) is 2.13. The second kappa shape index (κ2) is 3.00. The zero-order valence-corrected chi connectivity index (χ0v) is 8.01. The van der Waals surface area contributed by atoms with Gasteiger partial charge in [0.15, 0.2) is 0 Å². The van der Waals surface area contributed by atoms with Gasteiger partial charge in [-0.05, 0) is 18.8 Å².